The first kappa shape index (κ1) is 15.7. The Kier molecular flexibility index (Phi) is 4.54. The number of para-hydroxylation sites is 1. The SMILES string of the molecule is O=C(CSCc1nc2ccccc2s1)Nc1ccc2c(c1)CCC2. The number of thiazole rings is 1. The summed E-state index contributed by atoms with van der Waals surface area (Å²) in [5, 5.41) is 4.08. The van der Waals surface area contributed by atoms with E-state index in [0.717, 1.165) is 28.4 Å². The lowest BCUT2D eigenvalue weighted by molar-refractivity contribution is -0.113. The van der Waals surface area contributed by atoms with Crippen LogP contribution in [-0.4, -0.2) is 16.6 Å². The maximum atomic E-state index is 12.1. The summed E-state index contributed by atoms with van der Waals surface area (Å²) in [5.41, 5.74) is 4.77. The fourth-order valence-electron chi connectivity index (χ4n) is 3.06. The number of thioether (sulfide) groups is 1. The van der Waals surface area contributed by atoms with Gasteiger partial charge in [-0.1, -0.05) is 18.2 Å². The highest BCUT2D eigenvalue weighted by atomic mass is 32.2. The molecule has 5 heteroatoms. The monoisotopic (exact) mass is 354 g/mol. The van der Waals surface area contributed by atoms with Crippen LogP contribution in [0.5, 0.6) is 0 Å². The number of amides is 1. The fraction of sp³-hybridized carbons (Fsp3) is 0.263. The molecule has 0 bridgehead atoms. The Balaban J connectivity index is 1.30. The second-order valence-electron chi connectivity index (χ2n) is 5.95. The molecule has 3 nitrogen and oxygen atoms in total. The number of anilines is 1. The van der Waals surface area contributed by atoms with E-state index in [1.807, 2.05) is 24.3 Å². The Bertz CT molecular complexity index is 855. The second-order valence-corrected chi connectivity index (χ2v) is 8.05. The van der Waals surface area contributed by atoms with Crippen molar-refractivity contribution in [2.45, 2.75) is 25.0 Å². The molecule has 1 aliphatic rings. The lowest BCUT2D eigenvalue weighted by Gasteiger charge is -2.07. The second kappa shape index (κ2) is 6.95. The number of benzene rings is 2. The summed E-state index contributed by atoms with van der Waals surface area (Å²) >= 11 is 3.31. The van der Waals surface area contributed by atoms with Gasteiger partial charge in [0.1, 0.15) is 5.01 Å². The number of carbonyl (C=O) groups is 1. The van der Waals surface area contributed by atoms with Crippen molar-refractivity contribution in [2.75, 3.05) is 11.1 Å². The van der Waals surface area contributed by atoms with Crippen LogP contribution >= 0.6 is 23.1 Å². The molecule has 1 heterocycles. The number of hydrogen-bond donors (Lipinski definition) is 1. The summed E-state index contributed by atoms with van der Waals surface area (Å²) in [6.45, 7) is 0. The van der Waals surface area contributed by atoms with Gasteiger partial charge in [-0.2, -0.15) is 0 Å². The van der Waals surface area contributed by atoms with E-state index in [-0.39, 0.29) is 5.91 Å². The van der Waals surface area contributed by atoms with Crippen molar-refractivity contribution in [2.24, 2.45) is 0 Å². The third-order valence-corrected chi connectivity index (χ3v) is 6.34. The van der Waals surface area contributed by atoms with Crippen molar-refractivity contribution in [3.8, 4) is 0 Å². The van der Waals surface area contributed by atoms with Gasteiger partial charge in [0.15, 0.2) is 0 Å². The highest BCUT2D eigenvalue weighted by Gasteiger charge is 2.12. The molecule has 1 amide bonds. The predicted molar refractivity (Wildman–Crippen MR) is 103 cm³/mol. The van der Waals surface area contributed by atoms with Crippen molar-refractivity contribution in [3.63, 3.8) is 0 Å². The van der Waals surface area contributed by atoms with Gasteiger partial charge in [-0.15, -0.1) is 23.1 Å². The molecule has 0 unspecified atom stereocenters. The molecule has 0 spiro atoms. The Hall–Kier alpha value is -1.85. The molecular formula is C19H18N2OS2. The van der Waals surface area contributed by atoms with Gasteiger partial charge in [0.05, 0.1) is 16.0 Å². The van der Waals surface area contributed by atoms with Gasteiger partial charge in [0.2, 0.25) is 5.91 Å². The van der Waals surface area contributed by atoms with Gasteiger partial charge < -0.3 is 5.32 Å². The summed E-state index contributed by atoms with van der Waals surface area (Å²) in [6, 6.07) is 14.4. The maximum absolute atomic E-state index is 12.1. The molecule has 0 aliphatic heterocycles. The third kappa shape index (κ3) is 3.47. The van der Waals surface area contributed by atoms with Gasteiger partial charge >= 0.3 is 0 Å². The van der Waals surface area contributed by atoms with Gasteiger partial charge in [-0.3, -0.25) is 4.79 Å². The zero-order chi connectivity index (χ0) is 16.4. The predicted octanol–water partition coefficient (Wildman–Crippen LogP) is 4.66. The van der Waals surface area contributed by atoms with Crippen molar-refractivity contribution >= 4 is 44.9 Å². The van der Waals surface area contributed by atoms with E-state index in [9.17, 15) is 4.79 Å². The molecule has 0 atom stereocenters. The normalized spacial score (nSPS) is 13.2. The van der Waals surface area contributed by atoms with E-state index in [1.54, 1.807) is 23.1 Å². The Morgan fingerprint density at radius 2 is 2.04 bits per heavy atom. The molecule has 1 aliphatic carbocycles. The van der Waals surface area contributed by atoms with Crippen LogP contribution in [0.1, 0.15) is 22.6 Å². The van der Waals surface area contributed by atoms with Gasteiger partial charge in [0.25, 0.3) is 0 Å². The standard InChI is InChI=1S/C19H18N2OS2/c22-18(20-15-9-8-13-4-3-5-14(13)10-15)11-23-12-19-21-16-6-1-2-7-17(16)24-19/h1-2,6-10H,3-5,11-12H2,(H,20,22). The number of nitrogens with zero attached hydrogens (tertiary/aromatic N) is 1. The number of aromatic nitrogens is 1. The molecular weight excluding hydrogens is 336 g/mol. The highest BCUT2D eigenvalue weighted by molar-refractivity contribution is 7.99. The van der Waals surface area contributed by atoms with Crippen LogP contribution in [0.3, 0.4) is 0 Å². The average molecular weight is 355 g/mol. The first-order chi connectivity index (χ1) is 11.8. The van der Waals surface area contributed by atoms with E-state index in [4.69, 9.17) is 0 Å². The van der Waals surface area contributed by atoms with Crippen molar-refractivity contribution < 1.29 is 4.79 Å². The molecule has 122 valence electrons. The fourth-order valence-corrected chi connectivity index (χ4v) is 4.91. The summed E-state index contributed by atoms with van der Waals surface area (Å²) in [4.78, 5) is 16.7. The topological polar surface area (TPSA) is 42.0 Å². The minimum Gasteiger partial charge on any atom is -0.325 e. The number of hydrogen-bond acceptors (Lipinski definition) is 4. The van der Waals surface area contributed by atoms with Crippen molar-refractivity contribution in [1.82, 2.24) is 4.98 Å². The van der Waals surface area contributed by atoms with E-state index in [0.29, 0.717) is 5.75 Å². The summed E-state index contributed by atoms with van der Waals surface area (Å²) < 4.78 is 1.20. The molecule has 1 aromatic heterocycles. The number of nitrogens with one attached hydrogen (secondary N) is 1. The molecule has 0 saturated carbocycles. The molecule has 1 N–H and O–H groups in total. The Morgan fingerprint density at radius 3 is 2.96 bits per heavy atom. The van der Waals surface area contributed by atoms with E-state index < -0.39 is 0 Å². The quantitative estimate of drug-likeness (QED) is 0.725. The van der Waals surface area contributed by atoms with Crippen molar-refractivity contribution in [3.05, 3.63) is 58.6 Å². The van der Waals surface area contributed by atoms with E-state index >= 15 is 0 Å². The third-order valence-electron chi connectivity index (χ3n) is 4.18. The molecule has 0 fully saturated rings. The minimum absolute atomic E-state index is 0.0547. The number of aryl methyl sites for hydroxylation is 2. The number of rotatable bonds is 5. The molecule has 4 rings (SSSR count). The van der Waals surface area contributed by atoms with Crippen LogP contribution in [0.4, 0.5) is 5.69 Å². The lowest BCUT2D eigenvalue weighted by Crippen LogP contribution is -2.14. The van der Waals surface area contributed by atoms with Crippen LogP contribution < -0.4 is 5.32 Å². The van der Waals surface area contributed by atoms with Gasteiger partial charge in [0, 0.05) is 11.4 Å². The number of fused-ring (bicyclic) bond motifs is 2. The molecule has 2 aromatic carbocycles. The molecule has 0 saturated heterocycles. The van der Waals surface area contributed by atoms with E-state index in [1.165, 1.54) is 28.7 Å². The first-order valence-corrected chi connectivity index (χ1v) is 10.1. The Labute approximate surface area is 149 Å². The average Bonchev–Trinajstić information content (AvgIpc) is 3.20. The summed E-state index contributed by atoms with van der Waals surface area (Å²) in [5.74, 6) is 1.28. The van der Waals surface area contributed by atoms with Crippen LogP contribution in [0.25, 0.3) is 10.2 Å². The molecule has 0 radical (unpaired) electrons. The molecule has 3 aromatic rings. The van der Waals surface area contributed by atoms with Crippen molar-refractivity contribution in [1.29, 1.82) is 0 Å². The van der Waals surface area contributed by atoms with Crippen LogP contribution in [0.15, 0.2) is 42.5 Å². The van der Waals surface area contributed by atoms with Gasteiger partial charge in [-0.25, -0.2) is 4.98 Å². The van der Waals surface area contributed by atoms with Crippen LogP contribution in [-0.2, 0) is 23.4 Å². The highest BCUT2D eigenvalue weighted by Crippen LogP contribution is 2.26. The smallest absolute Gasteiger partial charge is 0.234 e. The van der Waals surface area contributed by atoms with Gasteiger partial charge in [-0.05, 0) is 54.7 Å². The first-order valence-electron chi connectivity index (χ1n) is 8.12. The zero-order valence-corrected chi connectivity index (χ0v) is 14.9. The zero-order valence-electron chi connectivity index (χ0n) is 13.2. The van der Waals surface area contributed by atoms with Crippen LogP contribution in [0, 0.1) is 0 Å². The summed E-state index contributed by atoms with van der Waals surface area (Å²) in [6.07, 6.45) is 3.53. The number of carbonyl (C=O) groups excluding carboxylic acids is 1. The summed E-state index contributed by atoms with van der Waals surface area (Å²) in [7, 11) is 0. The Morgan fingerprint density at radius 1 is 1.17 bits per heavy atom. The molecule has 24 heavy (non-hydrogen) atoms. The largest absolute Gasteiger partial charge is 0.325 e. The minimum atomic E-state index is 0.0547. The maximum Gasteiger partial charge on any atom is 0.234 e. The van der Waals surface area contributed by atoms with E-state index in [2.05, 4.69) is 28.5 Å². The lowest BCUT2D eigenvalue weighted by atomic mass is 10.1. The van der Waals surface area contributed by atoms with Crippen LogP contribution in [0.2, 0.25) is 0 Å².